The SMILES string of the molecule is Cc1c(CN)cnn1CC1C2CC3CC(C2)CC1C3. The smallest absolute Gasteiger partial charge is 0.0537 e. The van der Waals surface area contributed by atoms with Gasteiger partial charge in [-0.3, -0.25) is 4.68 Å². The second kappa shape index (κ2) is 4.34. The van der Waals surface area contributed by atoms with Gasteiger partial charge in [-0.1, -0.05) is 0 Å². The van der Waals surface area contributed by atoms with Gasteiger partial charge in [0.25, 0.3) is 0 Å². The van der Waals surface area contributed by atoms with Crippen LogP contribution < -0.4 is 5.73 Å². The van der Waals surface area contributed by atoms with Gasteiger partial charge >= 0.3 is 0 Å². The summed E-state index contributed by atoms with van der Waals surface area (Å²) in [5.41, 5.74) is 8.26. The molecule has 1 aromatic heterocycles. The number of nitrogens with zero attached hydrogens (tertiary/aromatic N) is 2. The van der Waals surface area contributed by atoms with Crippen molar-refractivity contribution in [3.05, 3.63) is 17.5 Å². The van der Waals surface area contributed by atoms with Crippen molar-refractivity contribution in [1.82, 2.24) is 9.78 Å². The molecule has 3 heteroatoms. The van der Waals surface area contributed by atoms with Gasteiger partial charge in [-0.2, -0.15) is 5.10 Å². The number of hydrogen-bond acceptors (Lipinski definition) is 2. The molecule has 0 unspecified atom stereocenters. The van der Waals surface area contributed by atoms with Crippen LogP contribution >= 0.6 is 0 Å². The lowest BCUT2D eigenvalue weighted by molar-refractivity contribution is -0.0444. The highest BCUT2D eigenvalue weighted by atomic mass is 15.3. The molecule has 0 spiro atoms. The average Bonchev–Trinajstić information content (AvgIpc) is 2.74. The van der Waals surface area contributed by atoms with Crippen LogP contribution in [-0.4, -0.2) is 9.78 Å². The highest BCUT2D eigenvalue weighted by molar-refractivity contribution is 5.15. The highest BCUT2D eigenvalue weighted by Gasteiger charge is 2.48. The van der Waals surface area contributed by atoms with Crippen molar-refractivity contribution in [2.24, 2.45) is 35.3 Å². The second-order valence-corrected chi connectivity index (χ2v) is 7.24. The van der Waals surface area contributed by atoms with Crippen LogP contribution in [0.2, 0.25) is 0 Å². The maximum atomic E-state index is 5.76. The molecule has 19 heavy (non-hydrogen) atoms. The van der Waals surface area contributed by atoms with Crippen molar-refractivity contribution in [3.8, 4) is 0 Å². The molecule has 3 nitrogen and oxygen atoms in total. The van der Waals surface area contributed by atoms with Crippen molar-refractivity contribution in [2.75, 3.05) is 0 Å². The molecule has 0 saturated heterocycles. The van der Waals surface area contributed by atoms with E-state index in [1.807, 2.05) is 6.20 Å². The van der Waals surface area contributed by atoms with Crippen LogP contribution in [-0.2, 0) is 13.1 Å². The molecule has 4 bridgehead atoms. The first-order valence-corrected chi connectivity index (χ1v) is 7.96. The van der Waals surface area contributed by atoms with Gasteiger partial charge in [-0.05, 0) is 68.6 Å². The summed E-state index contributed by atoms with van der Waals surface area (Å²) < 4.78 is 2.23. The summed E-state index contributed by atoms with van der Waals surface area (Å²) in [5.74, 6) is 4.99. The fourth-order valence-electron chi connectivity index (χ4n) is 5.41. The van der Waals surface area contributed by atoms with Gasteiger partial charge < -0.3 is 5.73 Å². The van der Waals surface area contributed by atoms with E-state index in [1.165, 1.54) is 43.4 Å². The Labute approximate surface area is 115 Å². The van der Waals surface area contributed by atoms with Crippen molar-refractivity contribution in [1.29, 1.82) is 0 Å². The van der Waals surface area contributed by atoms with E-state index in [0.717, 1.165) is 36.1 Å². The average molecular weight is 259 g/mol. The standard InChI is InChI=1S/C16H25N3/c1-10-15(7-17)8-18-19(10)9-16-13-3-11-2-12(5-13)6-14(16)4-11/h8,11-14,16H,2-7,9,17H2,1H3. The monoisotopic (exact) mass is 259 g/mol. The molecule has 1 heterocycles. The normalized spacial score (nSPS) is 40.0. The number of nitrogens with two attached hydrogens (primary N) is 1. The van der Waals surface area contributed by atoms with Crippen LogP contribution in [0.5, 0.6) is 0 Å². The van der Waals surface area contributed by atoms with E-state index >= 15 is 0 Å². The summed E-state index contributed by atoms with van der Waals surface area (Å²) >= 11 is 0. The Balaban J connectivity index is 1.55. The van der Waals surface area contributed by atoms with Crippen LogP contribution in [0.4, 0.5) is 0 Å². The number of rotatable bonds is 3. The summed E-state index contributed by atoms with van der Waals surface area (Å²) in [6.45, 7) is 3.93. The summed E-state index contributed by atoms with van der Waals surface area (Å²) in [4.78, 5) is 0. The first kappa shape index (κ1) is 12.0. The molecule has 2 N–H and O–H groups in total. The Hall–Kier alpha value is -0.830. The summed E-state index contributed by atoms with van der Waals surface area (Å²) in [6.07, 6.45) is 9.51. The molecule has 4 aliphatic rings. The van der Waals surface area contributed by atoms with E-state index in [0.29, 0.717) is 6.54 Å². The molecule has 0 aromatic carbocycles. The minimum Gasteiger partial charge on any atom is -0.326 e. The third-order valence-corrected chi connectivity index (χ3v) is 6.23. The van der Waals surface area contributed by atoms with Gasteiger partial charge in [0.15, 0.2) is 0 Å². The first-order valence-electron chi connectivity index (χ1n) is 7.96. The molecule has 0 atom stereocenters. The molecule has 1 aromatic rings. The van der Waals surface area contributed by atoms with Crippen LogP contribution in [0, 0.1) is 36.5 Å². The van der Waals surface area contributed by atoms with E-state index in [9.17, 15) is 0 Å². The molecular formula is C16H25N3. The van der Waals surface area contributed by atoms with Crippen molar-refractivity contribution < 1.29 is 0 Å². The largest absolute Gasteiger partial charge is 0.326 e. The van der Waals surface area contributed by atoms with Gasteiger partial charge in [-0.15, -0.1) is 0 Å². The molecule has 4 fully saturated rings. The van der Waals surface area contributed by atoms with Gasteiger partial charge in [0.2, 0.25) is 0 Å². The third-order valence-electron chi connectivity index (χ3n) is 6.23. The van der Waals surface area contributed by atoms with E-state index in [2.05, 4.69) is 16.7 Å². The fourth-order valence-corrected chi connectivity index (χ4v) is 5.41. The summed E-state index contributed by atoms with van der Waals surface area (Å²) in [7, 11) is 0. The maximum Gasteiger partial charge on any atom is 0.0537 e. The van der Waals surface area contributed by atoms with Crippen molar-refractivity contribution >= 4 is 0 Å². The van der Waals surface area contributed by atoms with Crippen molar-refractivity contribution in [2.45, 2.75) is 52.1 Å². The van der Waals surface area contributed by atoms with Crippen LogP contribution in [0.1, 0.15) is 43.4 Å². The van der Waals surface area contributed by atoms with Crippen LogP contribution in [0.3, 0.4) is 0 Å². The number of aromatic nitrogens is 2. The second-order valence-electron chi connectivity index (χ2n) is 7.24. The Morgan fingerprint density at radius 2 is 1.79 bits per heavy atom. The number of hydrogen-bond donors (Lipinski definition) is 1. The molecular weight excluding hydrogens is 234 g/mol. The zero-order valence-electron chi connectivity index (χ0n) is 11.9. The Kier molecular flexibility index (Phi) is 2.73. The lowest BCUT2D eigenvalue weighted by Gasteiger charge is -2.54. The van der Waals surface area contributed by atoms with Gasteiger partial charge in [0.1, 0.15) is 0 Å². The predicted molar refractivity (Wildman–Crippen MR) is 75.4 cm³/mol. The quantitative estimate of drug-likeness (QED) is 0.907. The molecule has 4 saturated carbocycles. The molecule has 0 amide bonds. The topological polar surface area (TPSA) is 43.8 Å². The van der Waals surface area contributed by atoms with Crippen LogP contribution in [0.25, 0.3) is 0 Å². The Bertz CT molecular complexity index is 448. The Morgan fingerprint density at radius 1 is 1.16 bits per heavy atom. The summed E-state index contributed by atoms with van der Waals surface area (Å²) in [6, 6.07) is 0. The minimum atomic E-state index is 0.619. The molecule has 0 radical (unpaired) electrons. The first-order chi connectivity index (χ1) is 9.24. The van der Waals surface area contributed by atoms with Crippen molar-refractivity contribution in [3.63, 3.8) is 0 Å². The molecule has 0 aliphatic heterocycles. The van der Waals surface area contributed by atoms with E-state index in [-0.39, 0.29) is 0 Å². The maximum absolute atomic E-state index is 5.76. The molecule has 104 valence electrons. The Morgan fingerprint density at radius 3 is 2.32 bits per heavy atom. The summed E-state index contributed by atoms with van der Waals surface area (Å²) in [5, 5.41) is 4.57. The highest BCUT2D eigenvalue weighted by Crippen LogP contribution is 2.56. The zero-order chi connectivity index (χ0) is 13.0. The molecule has 5 rings (SSSR count). The zero-order valence-corrected chi connectivity index (χ0v) is 11.9. The van der Waals surface area contributed by atoms with Crippen LogP contribution in [0.15, 0.2) is 6.20 Å². The predicted octanol–water partition coefficient (Wildman–Crippen LogP) is 2.72. The molecule has 4 aliphatic carbocycles. The van der Waals surface area contributed by atoms with Gasteiger partial charge in [-0.25, -0.2) is 0 Å². The lowest BCUT2D eigenvalue weighted by Crippen LogP contribution is -2.46. The van der Waals surface area contributed by atoms with E-state index in [4.69, 9.17) is 5.73 Å². The lowest BCUT2D eigenvalue weighted by atomic mass is 9.52. The third kappa shape index (κ3) is 1.85. The van der Waals surface area contributed by atoms with Gasteiger partial charge in [0.05, 0.1) is 6.20 Å². The fraction of sp³-hybridized carbons (Fsp3) is 0.812. The van der Waals surface area contributed by atoms with Gasteiger partial charge in [0, 0.05) is 24.3 Å². The van der Waals surface area contributed by atoms with E-state index < -0.39 is 0 Å². The minimum absolute atomic E-state index is 0.619. The van der Waals surface area contributed by atoms with E-state index in [1.54, 1.807) is 0 Å².